The van der Waals surface area contributed by atoms with Crippen LogP contribution in [0, 0.1) is 11.8 Å². The zero-order valence-electron chi connectivity index (χ0n) is 9.69. The Morgan fingerprint density at radius 3 is 2.56 bits per heavy atom. The van der Waals surface area contributed by atoms with E-state index < -0.39 is 5.97 Å². The molecule has 0 aromatic carbocycles. The van der Waals surface area contributed by atoms with Gasteiger partial charge in [-0.1, -0.05) is 6.92 Å². The van der Waals surface area contributed by atoms with Gasteiger partial charge < -0.3 is 15.7 Å². The van der Waals surface area contributed by atoms with E-state index in [2.05, 4.69) is 0 Å². The first-order valence-corrected chi connectivity index (χ1v) is 5.72. The van der Waals surface area contributed by atoms with Crippen molar-refractivity contribution < 1.29 is 14.7 Å². The highest BCUT2D eigenvalue weighted by Gasteiger charge is 2.28. The second kappa shape index (κ2) is 5.84. The van der Waals surface area contributed by atoms with Crippen LogP contribution in [0.25, 0.3) is 0 Å². The van der Waals surface area contributed by atoms with Crippen molar-refractivity contribution >= 4 is 11.9 Å². The van der Waals surface area contributed by atoms with Crippen molar-refractivity contribution in [3.05, 3.63) is 0 Å². The number of carbonyl (C=O) groups excluding carboxylic acids is 1. The maximum absolute atomic E-state index is 11.8. The van der Waals surface area contributed by atoms with Crippen molar-refractivity contribution in [3.8, 4) is 0 Å². The van der Waals surface area contributed by atoms with Crippen molar-refractivity contribution in [2.24, 2.45) is 17.6 Å². The third-order valence-corrected chi connectivity index (χ3v) is 2.78. The summed E-state index contributed by atoms with van der Waals surface area (Å²) >= 11 is 0. The lowest BCUT2D eigenvalue weighted by Gasteiger charge is -2.22. The van der Waals surface area contributed by atoms with E-state index in [1.54, 1.807) is 0 Å². The molecule has 16 heavy (non-hydrogen) atoms. The summed E-state index contributed by atoms with van der Waals surface area (Å²) in [4.78, 5) is 23.9. The number of carboxylic acid groups (broad SMARTS) is 1. The summed E-state index contributed by atoms with van der Waals surface area (Å²) in [5, 5.41) is 8.74. The summed E-state index contributed by atoms with van der Waals surface area (Å²) in [7, 11) is 0. The fraction of sp³-hybridized carbons (Fsp3) is 0.818. The van der Waals surface area contributed by atoms with Crippen molar-refractivity contribution in [3.63, 3.8) is 0 Å². The molecule has 3 N–H and O–H groups in total. The van der Waals surface area contributed by atoms with Crippen LogP contribution in [0.2, 0.25) is 0 Å². The van der Waals surface area contributed by atoms with Crippen LogP contribution in [0.3, 0.4) is 0 Å². The molecule has 1 aliphatic carbocycles. The number of amides is 1. The monoisotopic (exact) mass is 228 g/mol. The molecular formula is C11H20N2O3. The Morgan fingerprint density at radius 1 is 1.50 bits per heavy atom. The van der Waals surface area contributed by atoms with Crippen LogP contribution in [0.15, 0.2) is 0 Å². The van der Waals surface area contributed by atoms with Crippen LogP contribution in [-0.2, 0) is 9.59 Å². The molecule has 92 valence electrons. The molecule has 0 aromatic rings. The zero-order chi connectivity index (χ0) is 12.1. The molecule has 0 spiro atoms. The summed E-state index contributed by atoms with van der Waals surface area (Å²) < 4.78 is 0. The molecule has 0 bridgehead atoms. The Labute approximate surface area is 95.6 Å². The molecule has 5 heteroatoms. The van der Waals surface area contributed by atoms with Crippen LogP contribution < -0.4 is 5.73 Å². The van der Waals surface area contributed by atoms with Crippen molar-refractivity contribution in [1.82, 2.24) is 4.90 Å². The smallest absolute Gasteiger partial charge is 0.323 e. The largest absolute Gasteiger partial charge is 0.480 e. The second-order valence-electron chi connectivity index (χ2n) is 4.66. The van der Waals surface area contributed by atoms with E-state index in [9.17, 15) is 9.59 Å². The van der Waals surface area contributed by atoms with Gasteiger partial charge in [0.15, 0.2) is 0 Å². The third-order valence-electron chi connectivity index (χ3n) is 2.78. The quantitative estimate of drug-likeness (QED) is 0.656. The van der Waals surface area contributed by atoms with Crippen LogP contribution in [0.5, 0.6) is 0 Å². The van der Waals surface area contributed by atoms with Gasteiger partial charge in [-0.15, -0.1) is 0 Å². The maximum atomic E-state index is 11.8. The van der Waals surface area contributed by atoms with Crippen LogP contribution in [0.4, 0.5) is 0 Å². The number of rotatable bonds is 7. The van der Waals surface area contributed by atoms with Gasteiger partial charge in [0.05, 0.1) is 0 Å². The fourth-order valence-electron chi connectivity index (χ4n) is 1.54. The van der Waals surface area contributed by atoms with Crippen molar-refractivity contribution in [2.75, 3.05) is 19.6 Å². The lowest BCUT2D eigenvalue weighted by atomic mass is 10.1. The highest BCUT2D eigenvalue weighted by Crippen LogP contribution is 2.29. The molecular weight excluding hydrogens is 208 g/mol. The van der Waals surface area contributed by atoms with Gasteiger partial charge in [0.1, 0.15) is 6.54 Å². The van der Waals surface area contributed by atoms with Gasteiger partial charge in [-0.2, -0.15) is 0 Å². The van der Waals surface area contributed by atoms with E-state index in [1.165, 1.54) is 4.90 Å². The van der Waals surface area contributed by atoms with E-state index >= 15 is 0 Å². The molecule has 1 amide bonds. The minimum Gasteiger partial charge on any atom is -0.480 e. The van der Waals surface area contributed by atoms with Gasteiger partial charge >= 0.3 is 5.97 Å². The average molecular weight is 228 g/mol. The van der Waals surface area contributed by atoms with E-state index in [4.69, 9.17) is 10.8 Å². The molecule has 1 unspecified atom stereocenters. The van der Waals surface area contributed by atoms with Crippen molar-refractivity contribution in [1.29, 1.82) is 0 Å². The van der Waals surface area contributed by atoms with Crippen LogP contribution in [-0.4, -0.2) is 41.5 Å². The molecule has 0 radical (unpaired) electrons. The molecule has 0 heterocycles. The first-order valence-electron chi connectivity index (χ1n) is 5.72. The predicted molar refractivity (Wildman–Crippen MR) is 59.8 cm³/mol. The highest BCUT2D eigenvalue weighted by molar-refractivity contribution is 5.81. The van der Waals surface area contributed by atoms with E-state index in [0.29, 0.717) is 25.4 Å². The van der Waals surface area contributed by atoms with Crippen molar-refractivity contribution in [2.45, 2.75) is 26.2 Å². The minimum atomic E-state index is -0.950. The molecule has 1 atom stereocenters. The lowest BCUT2D eigenvalue weighted by molar-refractivity contribution is -0.145. The Bertz CT molecular complexity index is 264. The van der Waals surface area contributed by atoms with Crippen LogP contribution >= 0.6 is 0 Å². The zero-order valence-corrected chi connectivity index (χ0v) is 9.69. The number of carbonyl (C=O) groups is 2. The molecule has 0 saturated heterocycles. The number of nitrogens with two attached hydrogens (primary N) is 1. The molecule has 1 rings (SSSR count). The first-order chi connectivity index (χ1) is 7.52. The summed E-state index contributed by atoms with van der Waals surface area (Å²) in [5.74, 6) is -0.416. The first kappa shape index (κ1) is 13.0. The average Bonchev–Trinajstić information content (AvgIpc) is 2.99. The van der Waals surface area contributed by atoms with E-state index in [1.807, 2.05) is 6.92 Å². The van der Waals surface area contributed by atoms with E-state index in [-0.39, 0.29) is 18.4 Å². The normalized spacial score (nSPS) is 16.9. The molecule has 1 saturated carbocycles. The third kappa shape index (κ3) is 4.61. The number of aliphatic carboxylic acids is 1. The topological polar surface area (TPSA) is 83.6 Å². The Kier molecular flexibility index (Phi) is 4.73. The molecule has 0 aromatic heterocycles. The molecule has 1 aliphatic rings. The van der Waals surface area contributed by atoms with Gasteiger partial charge in [-0.05, 0) is 31.2 Å². The van der Waals surface area contributed by atoms with E-state index in [0.717, 1.165) is 12.8 Å². The Morgan fingerprint density at radius 2 is 2.12 bits per heavy atom. The van der Waals surface area contributed by atoms with Gasteiger partial charge in [0.2, 0.25) is 5.91 Å². The summed E-state index contributed by atoms with van der Waals surface area (Å²) in [6, 6.07) is 0. The summed E-state index contributed by atoms with van der Waals surface area (Å²) in [6.07, 6.45) is 2.56. The second-order valence-corrected chi connectivity index (χ2v) is 4.66. The number of carboxylic acids is 1. The molecule has 1 fully saturated rings. The number of nitrogens with zero attached hydrogens (tertiary/aromatic N) is 1. The van der Waals surface area contributed by atoms with Gasteiger partial charge in [-0.25, -0.2) is 0 Å². The van der Waals surface area contributed by atoms with Gasteiger partial charge in [-0.3, -0.25) is 9.59 Å². The Balaban J connectivity index is 2.45. The molecule has 5 nitrogen and oxygen atoms in total. The fourth-order valence-corrected chi connectivity index (χ4v) is 1.54. The maximum Gasteiger partial charge on any atom is 0.323 e. The van der Waals surface area contributed by atoms with Gasteiger partial charge in [0.25, 0.3) is 0 Å². The van der Waals surface area contributed by atoms with Crippen LogP contribution in [0.1, 0.15) is 26.2 Å². The minimum absolute atomic E-state index is 0.0905. The lowest BCUT2D eigenvalue weighted by Crippen LogP contribution is -2.38. The summed E-state index contributed by atoms with van der Waals surface area (Å²) in [6.45, 7) is 2.75. The predicted octanol–water partition coefficient (Wildman–Crippen LogP) is 0.295. The number of hydrogen-bond donors (Lipinski definition) is 2. The SMILES string of the molecule is CC(CN)CC(=O)N(CC(=O)O)CC1CC1. The Hall–Kier alpha value is -1.10. The summed E-state index contributed by atoms with van der Waals surface area (Å²) in [5.41, 5.74) is 5.45. The highest BCUT2D eigenvalue weighted by atomic mass is 16.4. The number of hydrogen-bond acceptors (Lipinski definition) is 3. The van der Waals surface area contributed by atoms with Gasteiger partial charge in [0, 0.05) is 13.0 Å². The molecule has 0 aliphatic heterocycles. The standard InChI is InChI=1S/C11H20N2O3/c1-8(5-12)4-10(14)13(7-11(15)16)6-9-2-3-9/h8-9H,2-7,12H2,1H3,(H,15,16).